The van der Waals surface area contributed by atoms with E-state index in [0.29, 0.717) is 0 Å². The molecule has 2 aromatic rings. The van der Waals surface area contributed by atoms with Crippen LogP contribution in [0.4, 0.5) is 0 Å². The summed E-state index contributed by atoms with van der Waals surface area (Å²) in [6, 6.07) is 6.19. The average molecular weight is 149 g/mol. The summed E-state index contributed by atoms with van der Waals surface area (Å²) in [5.74, 6) is 0. The van der Waals surface area contributed by atoms with Crippen molar-refractivity contribution in [3.8, 4) is 11.3 Å². The lowest BCUT2D eigenvalue weighted by Gasteiger charge is -1.87. The molecule has 0 aromatic carbocycles. The molecule has 1 N–H and O–H groups in total. The lowest BCUT2D eigenvalue weighted by Crippen LogP contribution is -1.67. The second kappa shape index (κ2) is 2.31. The van der Waals surface area contributed by atoms with Gasteiger partial charge in [0.2, 0.25) is 0 Å². The number of aromatic nitrogens is 1. The van der Waals surface area contributed by atoms with Gasteiger partial charge in [0.25, 0.3) is 0 Å². The summed E-state index contributed by atoms with van der Waals surface area (Å²) in [7, 11) is 0. The van der Waals surface area contributed by atoms with Crippen LogP contribution in [0.2, 0.25) is 0 Å². The molecule has 0 fully saturated rings. The van der Waals surface area contributed by atoms with Gasteiger partial charge in [-0.3, -0.25) is 0 Å². The van der Waals surface area contributed by atoms with E-state index in [0.717, 1.165) is 0 Å². The molecule has 10 heavy (non-hydrogen) atoms. The van der Waals surface area contributed by atoms with Crippen molar-refractivity contribution in [2.75, 3.05) is 0 Å². The quantitative estimate of drug-likeness (QED) is 0.641. The van der Waals surface area contributed by atoms with Crippen LogP contribution in [-0.2, 0) is 0 Å². The Hall–Kier alpha value is -1.02. The van der Waals surface area contributed by atoms with E-state index in [2.05, 4.69) is 27.9 Å². The molecule has 2 rings (SSSR count). The highest BCUT2D eigenvalue weighted by molar-refractivity contribution is 7.08. The van der Waals surface area contributed by atoms with Crippen molar-refractivity contribution < 1.29 is 0 Å². The predicted molar refractivity (Wildman–Crippen MR) is 44.1 cm³/mol. The van der Waals surface area contributed by atoms with Gasteiger partial charge < -0.3 is 4.98 Å². The number of thiophene rings is 1. The number of nitrogens with one attached hydrogen (secondary N) is 1. The summed E-state index contributed by atoms with van der Waals surface area (Å²) in [4.78, 5) is 3.15. The number of aromatic amines is 1. The minimum atomic E-state index is 1.20. The number of hydrogen-bond donors (Lipinski definition) is 1. The first-order valence-corrected chi connectivity index (χ1v) is 4.07. The highest BCUT2D eigenvalue weighted by Gasteiger charge is 1.94. The molecule has 0 aliphatic rings. The highest BCUT2D eigenvalue weighted by atomic mass is 32.1. The molecule has 0 bridgehead atoms. The summed E-state index contributed by atoms with van der Waals surface area (Å²) < 4.78 is 0. The third-order valence-electron chi connectivity index (χ3n) is 1.43. The van der Waals surface area contributed by atoms with E-state index >= 15 is 0 Å². The molecule has 0 radical (unpaired) electrons. The van der Waals surface area contributed by atoms with Crippen molar-refractivity contribution in [2.24, 2.45) is 0 Å². The summed E-state index contributed by atoms with van der Waals surface area (Å²) in [6.45, 7) is 0. The molecular formula is C8H7NS. The summed E-state index contributed by atoms with van der Waals surface area (Å²) in [5.41, 5.74) is 2.47. The third-order valence-corrected chi connectivity index (χ3v) is 2.11. The Morgan fingerprint density at radius 2 is 2.30 bits per heavy atom. The maximum absolute atomic E-state index is 3.15. The lowest BCUT2D eigenvalue weighted by molar-refractivity contribution is 1.41. The standard InChI is InChI=1S/C8H7NS/c1-2-8(9-4-1)7-3-5-10-6-7/h1-6,9H. The van der Waals surface area contributed by atoms with E-state index in [1.165, 1.54) is 11.3 Å². The first kappa shape index (κ1) is 5.74. The highest BCUT2D eigenvalue weighted by Crippen LogP contribution is 2.18. The molecule has 0 atom stereocenters. The van der Waals surface area contributed by atoms with Gasteiger partial charge in [-0.2, -0.15) is 11.3 Å². The van der Waals surface area contributed by atoms with Gasteiger partial charge in [-0.1, -0.05) is 0 Å². The van der Waals surface area contributed by atoms with Crippen molar-refractivity contribution >= 4 is 11.3 Å². The van der Waals surface area contributed by atoms with Crippen LogP contribution in [0, 0.1) is 0 Å². The Kier molecular flexibility index (Phi) is 1.32. The topological polar surface area (TPSA) is 15.8 Å². The zero-order valence-electron chi connectivity index (χ0n) is 5.37. The summed E-state index contributed by atoms with van der Waals surface area (Å²) in [5, 5.41) is 4.21. The fourth-order valence-electron chi connectivity index (χ4n) is 0.928. The lowest BCUT2D eigenvalue weighted by atomic mass is 10.2. The number of hydrogen-bond acceptors (Lipinski definition) is 1. The van der Waals surface area contributed by atoms with Crippen LogP contribution in [-0.4, -0.2) is 4.98 Å². The van der Waals surface area contributed by atoms with Gasteiger partial charge in [0.1, 0.15) is 0 Å². The Bertz CT molecular complexity index is 249. The smallest absolute Gasteiger partial charge is 0.0462 e. The van der Waals surface area contributed by atoms with Crippen LogP contribution in [0.5, 0.6) is 0 Å². The summed E-state index contributed by atoms with van der Waals surface area (Å²) in [6.07, 6.45) is 1.94. The Morgan fingerprint density at radius 3 is 2.90 bits per heavy atom. The Morgan fingerprint density at radius 1 is 1.30 bits per heavy atom. The summed E-state index contributed by atoms with van der Waals surface area (Å²) >= 11 is 1.72. The largest absolute Gasteiger partial charge is 0.361 e. The molecule has 0 spiro atoms. The van der Waals surface area contributed by atoms with Gasteiger partial charge >= 0.3 is 0 Å². The molecule has 0 saturated heterocycles. The number of rotatable bonds is 1. The molecule has 2 aromatic heterocycles. The zero-order valence-corrected chi connectivity index (χ0v) is 6.19. The van der Waals surface area contributed by atoms with E-state index in [1.807, 2.05) is 12.3 Å². The average Bonchev–Trinajstić information content (AvgIpc) is 2.59. The van der Waals surface area contributed by atoms with Crippen molar-refractivity contribution in [1.29, 1.82) is 0 Å². The van der Waals surface area contributed by atoms with E-state index in [9.17, 15) is 0 Å². The van der Waals surface area contributed by atoms with E-state index < -0.39 is 0 Å². The normalized spacial score (nSPS) is 10.0. The van der Waals surface area contributed by atoms with Gasteiger partial charge in [0.15, 0.2) is 0 Å². The number of H-pyrrole nitrogens is 1. The minimum absolute atomic E-state index is 1.20. The second-order valence-electron chi connectivity index (χ2n) is 2.10. The van der Waals surface area contributed by atoms with Crippen LogP contribution in [0.1, 0.15) is 0 Å². The SMILES string of the molecule is c1c[nH]c(-c2ccsc2)c1. The van der Waals surface area contributed by atoms with Gasteiger partial charge in [0, 0.05) is 22.8 Å². The molecule has 0 saturated carbocycles. The molecule has 50 valence electrons. The van der Waals surface area contributed by atoms with Crippen LogP contribution in [0.25, 0.3) is 11.3 Å². The van der Waals surface area contributed by atoms with Crippen LogP contribution in [0.15, 0.2) is 35.2 Å². The fourth-order valence-corrected chi connectivity index (χ4v) is 1.58. The molecule has 1 nitrogen and oxygen atoms in total. The van der Waals surface area contributed by atoms with Crippen molar-refractivity contribution in [3.63, 3.8) is 0 Å². The second-order valence-corrected chi connectivity index (χ2v) is 2.88. The molecule has 0 amide bonds. The van der Waals surface area contributed by atoms with Gasteiger partial charge in [-0.15, -0.1) is 0 Å². The van der Waals surface area contributed by atoms with Gasteiger partial charge in [-0.25, -0.2) is 0 Å². The third kappa shape index (κ3) is 0.866. The van der Waals surface area contributed by atoms with E-state index in [-0.39, 0.29) is 0 Å². The fraction of sp³-hybridized carbons (Fsp3) is 0. The maximum Gasteiger partial charge on any atom is 0.0462 e. The van der Waals surface area contributed by atoms with Crippen molar-refractivity contribution in [1.82, 2.24) is 4.98 Å². The Balaban J connectivity index is 2.48. The maximum atomic E-state index is 3.15. The molecule has 0 aliphatic heterocycles. The van der Waals surface area contributed by atoms with Crippen LogP contribution >= 0.6 is 11.3 Å². The molecule has 0 unspecified atom stereocenters. The molecular weight excluding hydrogens is 142 g/mol. The van der Waals surface area contributed by atoms with E-state index in [1.54, 1.807) is 11.3 Å². The molecule has 2 heteroatoms. The monoisotopic (exact) mass is 149 g/mol. The zero-order chi connectivity index (χ0) is 6.81. The molecule has 0 aliphatic carbocycles. The van der Waals surface area contributed by atoms with Crippen molar-refractivity contribution in [2.45, 2.75) is 0 Å². The van der Waals surface area contributed by atoms with Gasteiger partial charge in [-0.05, 0) is 23.6 Å². The van der Waals surface area contributed by atoms with Gasteiger partial charge in [0.05, 0.1) is 0 Å². The van der Waals surface area contributed by atoms with Crippen molar-refractivity contribution in [3.05, 3.63) is 35.2 Å². The first-order chi connectivity index (χ1) is 4.97. The minimum Gasteiger partial charge on any atom is -0.361 e. The van der Waals surface area contributed by atoms with Crippen LogP contribution in [0.3, 0.4) is 0 Å². The first-order valence-electron chi connectivity index (χ1n) is 3.13. The predicted octanol–water partition coefficient (Wildman–Crippen LogP) is 2.74. The van der Waals surface area contributed by atoms with Crippen LogP contribution < -0.4 is 0 Å². The Labute approximate surface area is 63.3 Å². The van der Waals surface area contributed by atoms with E-state index in [4.69, 9.17) is 0 Å². The molecule has 2 heterocycles.